The first-order valence-corrected chi connectivity index (χ1v) is 7.58. The number of carbonyl (C=O) groups is 2. The minimum absolute atomic E-state index is 0.0436. The molecule has 1 aromatic rings. The van der Waals surface area contributed by atoms with Crippen molar-refractivity contribution in [2.45, 2.75) is 45.2 Å². The van der Waals surface area contributed by atoms with Gasteiger partial charge in [-0.15, -0.1) is 0 Å². The largest absolute Gasteiger partial charge is 0.481 e. The topological polar surface area (TPSA) is 71.3 Å². The van der Waals surface area contributed by atoms with E-state index in [1.54, 1.807) is 6.07 Å². The van der Waals surface area contributed by atoms with Gasteiger partial charge in [-0.1, -0.05) is 0 Å². The lowest BCUT2D eigenvalue weighted by Crippen LogP contribution is -2.34. The van der Waals surface area contributed by atoms with Gasteiger partial charge < -0.3 is 15.0 Å². The molecule has 2 unspecified atom stereocenters. The van der Waals surface area contributed by atoms with Crippen LogP contribution in [0.3, 0.4) is 0 Å². The Morgan fingerprint density at radius 2 is 2.15 bits per heavy atom. The highest BCUT2D eigenvalue weighted by Crippen LogP contribution is 2.26. The van der Waals surface area contributed by atoms with Gasteiger partial charge in [0.2, 0.25) is 0 Å². The van der Waals surface area contributed by atoms with Crippen LogP contribution in [-0.4, -0.2) is 27.6 Å². The van der Waals surface area contributed by atoms with Crippen molar-refractivity contribution in [2.75, 3.05) is 0 Å². The number of carboxylic acids is 1. The van der Waals surface area contributed by atoms with Crippen LogP contribution in [0.1, 0.15) is 49.6 Å². The molecule has 2 N–H and O–H groups in total. The van der Waals surface area contributed by atoms with Crippen LogP contribution in [0.25, 0.3) is 0 Å². The summed E-state index contributed by atoms with van der Waals surface area (Å²) in [5, 5.41) is 11.9. The third-order valence-corrected chi connectivity index (χ3v) is 4.15. The van der Waals surface area contributed by atoms with Crippen LogP contribution >= 0.6 is 15.9 Å². The number of aromatic nitrogens is 1. The van der Waals surface area contributed by atoms with E-state index in [1.807, 2.05) is 24.6 Å². The van der Waals surface area contributed by atoms with E-state index in [1.165, 1.54) is 0 Å². The number of hydrogen-bond acceptors (Lipinski definition) is 2. The van der Waals surface area contributed by atoms with Crippen LogP contribution < -0.4 is 5.32 Å². The average molecular weight is 343 g/mol. The molecule has 6 heteroatoms. The highest BCUT2D eigenvalue weighted by molar-refractivity contribution is 9.10. The molecule has 1 saturated carbocycles. The summed E-state index contributed by atoms with van der Waals surface area (Å²) in [6.07, 6.45) is 3.76. The number of carbonyl (C=O) groups excluding carboxylic acids is 1. The van der Waals surface area contributed by atoms with E-state index in [0.29, 0.717) is 18.5 Å². The van der Waals surface area contributed by atoms with Gasteiger partial charge in [0.05, 0.1) is 5.92 Å². The predicted octanol–water partition coefficient (Wildman–Crippen LogP) is 2.81. The molecule has 110 valence electrons. The summed E-state index contributed by atoms with van der Waals surface area (Å²) in [6, 6.07) is 1.94. The van der Waals surface area contributed by atoms with Gasteiger partial charge in [-0.3, -0.25) is 9.59 Å². The SMILES string of the molecule is CC(C)n1cc(Br)cc1C(=O)NC1CCC(C(=O)O)C1. The Morgan fingerprint density at radius 1 is 1.45 bits per heavy atom. The van der Waals surface area contributed by atoms with Gasteiger partial charge in [-0.25, -0.2) is 0 Å². The summed E-state index contributed by atoms with van der Waals surface area (Å²) in [6.45, 7) is 4.03. The molecule has 1 aliphatic carbocycles. The van der Waals surface area contributed by atoms with Crippen molar-refractivity contribution >= 4 is 27.8 Å². The van der Waals surface area contributed by atoms with E-state index in [9.17, 15) is 9.59 Å². The predicted molar refractivity (Wildman–Crippen MR) is 78.7 cm³/mol. The van der Waals surface area contributed by atoms with Gasteiger partial charge in [-0.2, -0.15) is 0 Å². The van der Waals surface area contributed by atoms with Gasteiger partial charge in [0.15, 0.2) is 0 Å². The van der Waals surface area contributed by atoms with Gasteiger partial charge in [0.25, 0.3) is 5.91 Å². The second-order valence-electron chi connectivity index (χ2n) is 5.56. The number of hydrogen-bond donors (Lipinski definition) is 2. The number of nitrogens with one attached hydrogen (secondary N) is 1. The maximum Gasteiger partial charge on any atom is 0.306 e. The average Bonchev–Trinajstić information content (AvgIpc) is 2.95. The summed E-state index contributed by atoms with van der Waals surface area (Å²) in [4.78, 5) is 23.2. The van der Waals surface area contributed by atoms with Crippen molar-refractivity contribution in [1.82, 2.24) is 9.88 Å². The first kappa shape index (κ1) is 15.1. The molecule has 0 aliphatic heterocycles. The lowest BCUT2D eigenvalue weighted by molar-refractivity contribution is -0.141. The summed E-state index contributed by atoms with van der Waals surface area (Å²) < 4.78 is 2.77. The van der Waals surface area contributed by atoms with Crippen LogP contribution in [0, 0.1) is 5.92 Å². The van der Waals surface area contributed by atoms with Gasteiger partial charge >= 0.3 is 5.97 Å². The first-order chi connectivity index (χ1) is 9.38. The summed E-state index contributed by atoms with van der Waals surface area (Å²) in [7, 11) is 0. The van der Waals surface area contributed by atoms with E-state index in [0.717, 1.165) is 10.9 Å². The van der Waals surface area contributed by atoms with Crippen LogP contribution in [0.2, 0.25) is 0 Å². The van der Waals surface area contributed by atoms with Crippen LogP contribution in [0.15, 0.2) is 16.7 Å². The first-order valence-electron chi connectivity index (χ1n) is 6.79. The molecule has 1 fully saturated rings. The molecular formula is C14H19BrN2O3. The summed E-state index contributed by atoms with van der Waals surface area (Å²) >= 11 is 3.38. The smallest absolute Gasteiger partial charge is 0.306 e. The number of carboxylic acid groups (broad SMARTS) is 1. The van der Waals surface area contributed by atoms with Crippen molar-refractivity contribution in [3.05, 3.63) is 22.4 Å². The number of halogens is 1. The molecule has 5 nitrogen and oxygen atoms in total. The van der Waals surface area contributed by atoms with Gasteiger partial charge in [-0.05, 0) is 55.1 Å². The Labute approximate surface area is 126 Å². The summed E-state index contributed by atoms with van der Waals surface area (Å²) in [5.41, 5.74) is 0.602. The fraction of sp³-hybridized carbons (Fsp3) is 0.571. The third kappa shape index (κ3) is 3.23. The molecule has 1 heterocycles. The number of nitrogens with zero attached hydrogens (tertiary/aromatic N) is 1. The highest BCUT2D eigenvalue weighted by Gasteiger charge is 2.31. The molecule has 0 saturated heterocycles. The molecule has 0 radical (unpaired) electrons. The molecule has 1 aromatic heterocycles. The zero-order valence-corrected chi connectivity index (χ0v) is 13.2. The molecule has 20 heavy (non-hydrogen) atoms. The lowest BCUT2D eigenvalue weighted by Gasteiger charge is -2.16. The highest BCUT2D eigenvalue weighted by atomic mass is 79.9. The molecule has 0 bridgehead atoms. The Balaban J connectivity index is 2.04. The van der Waals surface area contributed by atoms with E-state index in [-0.39, 0.29) is 23.9 Å². The van der Waals surface area contributed by atoms with Crippen molar-refractivity contribution in [3.8, 4) is 0 Å². The third-order valence-electron chi connectivity index (χ3n) is 3.72. The van der Waals surface area contributed by atoms with Crippen molar-refractivity contribution in [3.63, 3.8) is 0 Å². The minimum atomic E-state index is -0.768. The van der Waals surface area contributed by atoms with Gasteiger partial charge in [0.1, 0.15) is 5.69 Å². The number of aliphatic carboxylic acids is 1. The minimum Gasteiger partial charge on any atom is -0.481 e. The molecule has 1 amide bonds. The molecular weight excluding hydrogens is 324 g/mol. The second-order valence-corrected chi connectivity index (χ2v) is 6.48. The molecule has 0 aromatic carbocycles. The van der Waals surface area contributed by atoms with E-state index in [2.05, 4.69) is 21.2 Å². The van der Waals surface area contributed by atoms with Crippen molar-refractivity contribution in [2.24, 2.45) is 5.92 Å². The zero-order valence-electron chi connectivity index (χ0n) is 11.6. The fourth-order valence-electron chi connectivity index (χ4n) is 2.65. The molecule has 0 spiro atoms. The van der Waals surface area contributed by atoms with Crippen molar-refractivity contribution in [1.29, 1.82) is 0 Å². The quantitative estimate of drug-likeness (QED) is 0.883. The maximum absolute atomic E-state index is 12.3. The summed E-state index contributed by atoms with van der Waals surface area (Å²) in [5.74, 6) is -1.24. The van der Waals surface area contributed by atoms with Crippen LogP contribution in [0.5, 0.6) is 0 Å². The number of rotatable bonds is 4. The Morgan fingerprint density at radius 3 is 2.70 bits per heavy atom. The fourth-order valence-corrected chi connectivity index (χ4v) is 3.09. The van der Waals surface area contributed by atoms with Gasteiger partial charge in [0, 0.05) is 22.8 Å². The van der Waals surface area contributed by atoms with Crippen LogP contribution in [-0.2, 0) is 4.79 Å². The normalized spacial score (nSPS) is 22.2. The Hall–Kier alpha value is -1.30. The second kappa shape index (κ2) is 5.99. The monoisotopic (exact) mass is 342 g/mol. The van der Waals surface area contributed by atoms with E-state index in [4.69, 9.17) is 5.11 Å². The zero-order chi connectivity index (χ0) is 14.9. The lowest BCUT2D eigenvalue weighted by atomic mass is 10.1. The maximum atomic E-state index is 12.3. The van der Waals surface area contributed by atoms with E-state index >= 15 is 0 Å². The molecule has 2 rings (SSSR count). The number of amides is 1. The van der Waals surface area contributed by atoms with Crippen molar-refractivity contribution < 1.29 is 14.7 Å². The van der Waals surface area contributed by atoms with E-state index < -0.39 is 5.97 Å². The standard InChI is InChI=1S/C14H19BrN2O3/c1-8(2)17-7-10(15)6-12(17)13(18)16-11-4-3-9(5-11)14(19)20/h6-9,11H,3-5H2,1-2H3,(H,16,18)(H,19,20). The molecule has 1 aliphatic rings. The Bertz CT molecular complexity index is 524. The molecule has 2 atom stereocenters. The Kier molecular flexibility index (Phi) is 4.52. The van der Waals surface area contributed by atoms with Crippen LogP contribution in [0.4, 0.5) is 0 Å².